The molecule has 1 amide bonds. The highest BCUT2D eigenvalue weighted by Crippen LogP contribution is 2.30. The Kier molecular flexibility index (Phi) is 5.55. The molecule has 8 nitrogen and oxygen atoms in total. The largest absolute Gasteiger partial charge is 0.441 e. The van der Waals surface area contributed by atoms with Crippen LogP contribution in [0.15, 0.2) is 59.4 Å². The second-order valence-corrected chi connectivity index (χ2v) is 6.94. The Morgan fingerprint density at radius 1 is 1.17 bits per heavy atom. The normalized spacial score (nSPS) is 10.8. The second kappa shape index (κ2) is 8.42. The van der Waals surface area contributed by atoms with Gasteiger partial charge in [0.2, 0.25) is 5.91 Å². The van der Waals surface area contributed by atoms with Gasteiger partial charge >= 0.3 is 0 Å². The molecule has 4 aromatic rings. The van der Waals surface area contributed by atoms with Gasteiger partial charge in [-0.3, -0.25) is 4.79 Å². The molecule has 0 aliphatic rings. The maximum Gasteiger partial charge on any atom is 0.224 e. The van der Waals surface area contributed by atoms with Crippen molar-refractivity contribution in [1.29, 1.82) is 0 Å². The molecule has 0 spiro atoms. The summed E-state index contributed by atoms with van der Waals surface area (Å²) >= 11 is 12.1. The van der Waals surface area contributed by atoms with Crippen molar-refractivity contribution in [1.82, 2.24) is 25.2 Å². The lowest BCUT2D eigenvalue weighted by atomic mass is 10.2. The van der Waals surface area contributed by atoms with E-state index in [0.717, 1.165) is 5.69 Å². The number of carbonyl (C=O) groups is 1. The quantitative estimate of drug-likeness (QED) is 0.494. The maximum atomic E-state index is 12.3. The van der Waals surface area contributed by atoms with Gasteiger partial charge in [-0.25, -0.2) is 9.67 Å². The molecular weight excluding hydrogens is 415 g/mol. The number of hydrogen-bond acceptors (Lipinski definition) is 6. The van der Waals surface area contributed by atoms with Gasteiger partial charge < -0.3 is 9.73 Å². The van der Waals surface area contributed by atoms with Crippen LogP contribution < -0.4 is 5.32 Å². The van der Waals surface area contributed by atoms with Gasteiger partial charge in [0.1, 0.15) is 6.33 Å². The van der Waals surface area contributed by atoms with E-state index < -0.39 is 0 Å². The average molecular weight is 429 g/mol. The molecule has 0 unspecified atom stereocenters. The fourth-order valence-electron chi connectivity index (χ4n) is 2.69. The van der Waals surface area contributed by atoms with Crippen LogP contribution in [-0.2, 0) is 11.2 Å². The van der Waals surface area contributed by atoms with Gasteiger partial charge in [-0.1, -0.05) is 29.3 Å². The van der Waals surface area contributed by atoms with Gasteiger partial charge in [0.05, 0.1) is 16.9 Å². The fraction of sp³-hybridized carbons (Fsp3) is 0.105. The number of nitrogens with zero attached hydrogens (tertiary/aromatic N) is 5. The van der Waals surface area contributed by atoms with Crippen LogP contribution in [-0.4, -0.2) is 31.1 Å². The number of halogens is 2. The zero-order valence-electron chi connectivity index (χ0n) is 14.9. The molecule has 10 heteroatoms. The lowest BCUT2D eigenvalue weighted by molar-refractivity contribution is -0.116. The van der Waals surface area contributed by atoms with Crippen LogP contribution in [0.3, 0.4) is 0 Å². The first kappa shape index (κ1) is 19.1. The van der Waals surface area contributed by atoms with Crippen molar-refractivity contribution in [3.8, 4) is 17.0 Å². The number of hydrogen-bond donors (Lipinski definition) is 1. The molecule has 0 aliphatic heterocycles. The van der Waals surface area contributed by atoms with Crippen molar-refractivity contribution in [2.75, 3.05) is 5.32 Å². The lowest BCUT2D eigenvalue weighted by Gasteiger charge is -2.06. The molecule has 0 atom stereocenters. The minimum absolute atomic E-state index is 0.164. The molecule has 0 radical (unpaired) electrons. The SMILES string of the molecule is O=C(CCc1ncc(-c2ccc(Cl)cc2Cl)o1)Nc1cccc(-n2cnnn2)c1. The zero-order chi connectivity index (χ0) is 20.2. The summed E-state index contributed by atoms with van der Waals surface area (Å²) in [6.07, 6.45) is 3.62. The predicted molar refractivity (Wildman–Crippen MR) is 108 cm³/mol. The third kappa shape index (κ3) is 4.61. The summed E-state index contributed by atoms with van der Waals surface area (Å²) < 4.78 is 7.22. The zero-order valence-corrected chi connectivity index (χ0v) is 16.4. The number of benzene rings is 2. The molecule has 0 aliphatic carbocycles. The third-order valence-electron chi connectivity index (χ3n) is 4.06. The number of nitrogens with one attached hydrogen (secondary N) is 1. The second-order valence-electron chi connectivity index (χ2n) is 6.10. The standard InChI is InChI=1S/C19H14Cl2N6O2/c20-12-4-5-15(16(21)8-12)17-10-22-19(29-17)7-6-18(28)24-13-2-1-3-14(9-13)27-11-23-25-26-27/h1-5,8-11H,6-7H2,(H,24,28). The Bertz CT molecular complexity index is 1140. The molecule has 0 fully saturated rings. The van der Waals surface area contributed by atoms with Crippen molar-refractivity contribution >= 4 is 34.8 Å². The number of oxazole rings is 1. The fourth-order valence-corrected chi connectivity index (χ4v) is 3.19. The summed E-state index contributed by atoms with van der Waals surface area (Å²) in [5, 5.41) is 14.9. The van der Waals surface area contributed by atoms with Crippen molar-refractivity contribution in [3.05, 3.63) is 70.9 Å². The summed E-state index contributed by atoms with van der Waals surface area (Å²) in [5.41, 5.74) is 2.08. The van der Waals surface area contributed by atoms with Crippen LogP contribution >= 0.6 is 23.2 Å². The Hall–Kier alpha value is -3.23. The molecule has 2 heterocycles. The number of amides is 1. The topological polar surface area (TPSA) is 98.7 Å². The number of aryl methyl sites for hydroxylation is 1. The Labute approximate surface area is 175 Å². The van der Waals surface area contributed by atoms with E-state index >= 15 is 0 Å². The van der Waals surface area contributed by atoms with Crippen LogP contribution in [0.2, 0.25) is 10.0 Å². The van der Waals surface area contributed by atoms with Gasteiger partial charge in [0.25, 0.3) is 0 Å². The molecule has 0 saturated carbocycles. The van der Waals surface area contributed by atoms with E-state index in [0.29, 0.717) is 39.4 Å². The van der Waals surface area contributed by atoms with Gasteiger partial charge in [0, 0.05) is 29.1 Å². The Morgan fingerprint density at radius 2 is 2.07 bits per heavy atom. The van der Waals surface area contributed by atoms with E-state index in [2.05, 4.69) is 25.8 Å². The number of anilines is 1. The van der Waals surface area contributed by atoms with Crippen molar-refractivity contribution in [2.45, 2.75) is 12.8 Å². The minimum atomic E-state index is -0.164. The first-order valence-electron chi connectivity index (χ1n) is 8.62. The number of rotatable bonds is 6. The predicted octanol–water partition coefficient (Wildman–Crippen LogP) is 4.20. The minimum Gasteiger partial charge on any atom is -0.441 e. The molecule has 146 valence electrons. The van der Waals surface area contributed by atoms with E-state index in [1.807, 2.05) is 12.1 Å². The number of tetrazole rings is 1. The molecule has 1 N–H and O–H groups in total. The van der Waals surface area contributed by atoms with Gasteiger partial charge in [0.15, 0.2) is 11.7 Å². The first-order chi connectivity index (χ1) is 14.1. The van der Waals surface area contributed by atoms with Crippen LogP contribution in [0, 0.1) is 0 Å². The first-order valence-corrected chi connectivity index (χ1v) is 9.37. The molecule has 4 rings (SSSR count). The Morgan fingerprint density at radius 3 is 2.86 bits per heavy atom. The summed E-state index contributed by atoms with van der Waals surface area (Å²) in [6, 6.07) is 12.3. The van der Waals surface area contributed by atoms with E-state index in [-0.39, 0.29) is 12.3 Å². The molecular formula is C19H14Cl2N6O2. The van der Waals surface area contributed by atoms with E-state index in [4.69, 9.17) is 27.6 Å². The van der Waals surface area contributed by atoms with Crippen molar-refractivity contribution in [3.63, 3.8) is 0 Å². The summed E-state index contributed by atoms with van der Waals surface area (Å²) in [6.45, 7) is 0. The average Bonchev–Trinajstić information content (AvgIpc) is 3.39. The monoisotopic (exact) mass is 428 g/mol. The van der Waals surface area contributed by atoms with E-state index in [1.165, 1.54) is 11.0 Å². The van der Waals surface area contributed by atoms with Gasteiger partial charge in [-0.2, -0.15) is 0 Å². The van der Waals surface area contributed by atoms with Crippen LogP contribution in [0.5, 0.6) is 0 Å². The van der Waals surface area contributed by atoms with Crippen molar-refractivity contribution < 1.29 is 9.21 Å². The highest BCUT2D eigenvalue weighted by molar-refractivity contribution is 6.36. The molecule has 29 heavy (non-hydrogen) atoms. The van der Waals surface area contributed by atoms with Crippen LogP contribution in [0.1, 0.15) is 12.3 Å². The summed E-state index contributed by atoms with van der Waals surface area (Å²) in [7, 11) is 0. The number of aromatic nitrogens is 5. The van der Waals surface area contributed by atoms with Crippen LogP contribution in [0.25, 0.3) is 17.0 Å². The van der Waals surface area contributed by atoms with E-state index in [9.17, 15) is 4.79 Å². The van der Waals surface area contributed by atoms with Crippen molar-refractivity contribution in [2.24, 2.45) is 0 Å². The molecule has 2 aromatic heterocycles. The summed E-state index contributed by atoms with van der Waals surface area (Å²) in [5.74, 6) is 0.808. The van der Waals surface area contributed by atoms with Crippen LogP contribution in [0.4, 0.5) is 5.69 Å². The highest BCUT2D eigenvalue weighted by Gasteiger charge is 2.12. The highest BCUT2D eigenvalue weighted by atomic mass is 35.5. The lowest BCUT2D eigenvalue weighted by Crippen LogP contribution is -2.12. The number of carbonyl (C=O) groups excluding carboxylic acids is 1. The van der Waals surface area contributed by atoms with Gasteiger partial charge in [-0.05, 0) is 46.8 Å². The third-order valence-corrected chi connectivity index (χ3v) is 4.61. The van der Waals surface area contributed by atoms with E-state index in [1.54, 1.807) is 36.5 Å². The molecule has 0 saturated heterocycles. The Balaban J connectivity index is 1.37. The summed E-state index contributed by atoms with van der Waals surface area (Å²) in [4.78, 5) is 16.5. The maximum absolute atomic E-state index is 12.3. The molecule has 0 bridgehead atoms. The smallest absolute Gasteiger partial charge is 0.224 e. The van der Waals surface area contributed by atoms with Gasteiger partial charge in [-0.15, -0.1) is 5.10 Å². The molecule has 2 aromatic carbocycles.